The van der Waals surface area contributed by atoms with Gasteiger partial charge in [-0.15, -0.1) is 12.4 Å². The number of hydrogen-bond acceptors (Lipinski definition) is 2. The molecule has 2 saturated carbocycles. The molecule has 0 aromatic heterocycles. The third-order valence-electron chi connectivity index (χ3n) is 6.30. The molecule has 20 heavy (non-hydrogen) atoms. The van der Waals surface area contributed by atoms with Crippen molar-refractivity contribution in [2.75, 3.05) is 19.6 Å². The molecule has 3 nitrogen and oxygen atoms in total. The first kappa shape index (κ1) is 14.6. The van der Waals surface area contributed by atoms with Crippen molar-refractivity contribution in [3.05, 3.63) is 0 Å². The summed E-state index contributed by atoms with van der Waals surface area (Å²) in [5.41, 5.74) is 0. The minimum atomic E-state index is 0. The molecule has 5 fully saturated rings. The van der Waals surface area contributed by atoms with Crippen LogP contribution < -0.4 is 5.32 Å². The average Bonchev–Trinajstić information content (AvgIpc) is 2.50. The number of halogens is 1. The molecule has 1 N–H and O–H groups in total. The summed E-state index contributed by atoms with van der Waals surface area (Å²) in [6, 6.07) is 0.583. The third kappa shape index (κ3) is 2.37. The molecular weight excluding hydrogens is 272 g/mol. The van der Waals surface area contributed by atoms with Crippen LogP contribution in [-0.2, 0) is 4.79 Å². The van der Waals surface area contributed by atoms with Gasteiger partial charge in [0, 0.05) is 18.5 Å². The number of rotatable bonds is 2. The van der Waals surface area contributed by atoms with Crippen LogP contribution in [0.3, 0.4) is 0 Å². The lowest BCUT2D eigenvalue weighted by Crippen LogP contribution is -2.52. The molecule has 4 bridgehead atoms. The van der Waals surface area contributed by atoms with E-state index in [0.29, 0.717) is 17.9 Å². The molecule has 5 rings (SSSR count). The summed E-state index contributed by atoms with van der Waals surface area (Å²) < 4.78 is 0. The predicted molar refractivity (Wildman–Crippen MR) is 81.8 cm³/mol. The first-order valence-corrected chi connectivity index (χ1v) is 8.22. The van der Waals surface area contributed by atoms with Gasteiger partial charge in [-0.25, -0.2) is 0 Å². The highest BCUT2D eigenvalue weighted by Crippen LogP contribution is 2.47. The van der Waals surface area contributed by atoms with Gasteiger partial charge in [0.15, 0.2) is 0 Å². The SMILES string of the molecule is CC(C(=O)N1CC2CC3CC(C2)CC1C3)C1CNC1.Cl. The molecule has 3 unspecified atom stereocenters. The van der Waals surface area contributed by atoms with Gasteiger partial charge in [0.2, 0.25) is 5.91 Å². The van der Waals surface area contributed by atoms with E-state index in [1.54, 1.807) is 0 Å². The van der Waals surface area contributed by atoms with E-state index in [4.69, 9.17) is 0 Å². The van der Waals surface area contributed by atoms with Gasteiger partial charge in [0.25, 0.3) is 0 Å². The van der Waals surface area contributed by atoms with Crippen LogP contribution in [-0.4, -0.2) is 36.5 Å². The van der Waals surface area contributed by atoms with Crippen LogP contribution in [0.5, 0.6) is 0 Å². The summed E-state index contributed by atoms with van der Waals surface area (Å²) in [5, 5.41) is 3.30. The monoisotopic (exact) mass is 298 g/mol. The van der Waals surface area contributed by atoms with E-state index in [9.17, 15) is 4.79 Å². The molecule has 3 aliphatic heterocycles. The van der Waals surface area contributed by atoms with Gasteiger partial charge in [0.05, 0.1) is 0 Å². The maximum absolute atomic E-state index is 12.8. The highest BCUT2D eigenvalue weighted by molar-refractivity contribution is 5.85. The standard InChI is InChI=1S/C16H26N2O.ClH/c1-10(14-7-17-8-14)16(19)18-9-13-3-11-2-12(4-13)6-15(18)5-11;/h10-15,17H,2-9H2,1H3;1H. The summed E-state index contributed by atoms with van der Waals surface area (Å²) in [4.78, 5) is 15.2. The number of fused-ring (bicyclic) bond motifs is 1. The van der Waals surface area contributed by atoms with Gasteiger partial charge in [-0.05, 0) is 68.9 Å². The summed E-state index contributed by atoms with van der Waals surface area (Å²) in [6.07, 6.45) is 6.85. The molecule has 3 heterocycles. The smallest absolute Gasteiger partial charge is 0.226 e. The molecule has 0 radical (unpaired) electrons. The summed E-state index contributed by atoms with van der Waals surface area (Å²) in [7, 11) is 0. The molecule has 0 aromatic rings. The quantitative estimate of drug-likeness (QED) is 0.848. The fourth-order valence-electron chi connectivity index (χ4n) is 5.18. The van der Waals surface area contributed by atoms with Gasteiger partial charge in [-0.2, -0.15) is 0 Å². The predicted octanol–water partition coefficient (Wildman–Crippen LogP) is 2.30. The van der Waals surface area contributed by atoms with Gasteiger partial charge in [-0.1, -0.05) is 6.92 Å². The maximum Gasteiger partial charge on any atom is 0.226 e. The van der Waals surface area contributed by atoms with Crippen LogP contribution in [0.4, 0.5) is 0 Å². The zero-order chi connectivity index (χ0) is 13.0. The van der Waals surface area contributed by atoms with E-state index in [1.807, 2.05) is 0 Å². The third-order valence-corrected chi connectivity index (χ3v) is 6.30. The second kappa shape index (κ2) is 5.49. The Hall–Kier alpha value is -0.280. The highest BCUT2D eigenvalue weighted by Gasteiger charge is 2.45. The van der Waals surface area contributed by atoms with E-state index < -0.39 is 0 Å². The van der Waals surface area contributed by atoms with Crippen LogP contribution in [0.2, 0.25) is 0 Å². The number of nitrogens with zero attached hydrogens (tertiary/aromatic N) is 1. The molecule has 1 amide bonds. The lowest BCUT2D eigenvalue weighted by molar-refractivity contribution is -0.140. The number of carbonyl (C=O) groups excluding carboxylic acids is 1. The highest BCUT2D eigenvalue weighted by atomic mass is 35.5. The molecular formula is C16H27ClN2O. The molecule has 2 aliphatic carbocycles. The lowest BCUT2D eigenvalue weighted by Gasteiger charge is -2.40. The van der Waals surface area contributed by atoms with Crippen molar-refractivity contribution in [3.63, 3.8) is 0 Å². The van der Waals surface area contributed by atoms with Gasteiger partial charge >= 0.3 is 0 Å². The maximum atomic E-state index is 12.8. The minimum absolute atomic E-state index is 0. The van der Waals surface area contributed by atoms with Crippen molar-refractivity contribution < 1.29 is 4.79 Å². The molecule has 5 aliphatic rings. The Labute approximate surface area is 128 Å². The minimum Gasteiger partial charge on any atom is -0.339 e. The first-order valence-electron chi connectivity index (χ1n) is 8.22. The van der Waals surface area contributed by atoms with E-state index in [1.165, 1.54) is 32.1 Å². The van der Waals surface area contributed by atoms with Crippen molar-refractivity contribution in [1.29, 1.82) is 0 Å². The van der Waals surface area contributed by atoms with E-state index in [2.05, 4.69) is 17.1 Å². The van der Waals surface area contributed by atoms with Crippen LogP contribution in [0.25, 0.3) is 0 Å². The Balaban J connectivity index is 0.00000121. The Kier molecular flexibility index (Phi) is 4.02. The number of nitrogens with one attached hydrogen (secondary N) is 1. The molecule has 3 atom stereocenters. The Bertz CT molecular complexity index is 371. The summed E-state index contributed by atoms with van der Waals surface area (Å²) in [5.74, 6) is 3.96. The Morgan fingerprint density at radius 2 is 1.65 bits per heavy atom. The number of amides is 1. The van der Waals surface area contributed by atoms with Crippen LogP contribution >= 0.6 is 12.4 Å². The lowest BCUT2D eigenvalue weighted by atomic mass is 9.68. The van der Waals surface area contributed by atoms with Crippen molar-refractivity contribution in [3.8, 4) is 0 Å². The molecule has 4 heteroatoms. The zero-order valence-corrected chi connectivity index (χ0v) is 13.2. The van der Waals surface area contributed by atoms with Crippen molar-refractivity contribution >= 4 is 18.3 Å². The number of carbonyl (C=O) groups is 1. The second-order valence-electron chi connectivity index (χ2n) is 7.63. The fourth-order valence-corrected chi connectivity index (χ4v) is 5.18. The molecule has 3 saturated heterocycles. The van der Waals surface area contributed by atoms with Gasteiger partial charge in [0.1, 0.15) is 0 Å². The molecule has 0 aromatic carbocycles. The summed E-state index contributed by atoms with van der Waals surface area (Å²) in [6.45, 7) is 5.31. The molecule has 114 valence electrons. The normalized spacial score (nSPS) is 40.8. The summed E-state index contributed by atoms with van der Waals surface area (Å²) >= 11 is 0. The van der Waals surface area contributed by atoms with Crippen LogP contribution in [0.15, 0.2) is 0 Å². The van der Waals surface area contributed by atoms with Gasteiger partial charge < -0.3 is 10.2 Å². The van der Waals surface area contributed by atoms with E-state index in [-0.39, 0.29) is 18.3 Å². The van der Waals surface area contributed by atoms with Crippen molar-refractivity contribution in [1.82, 2.24) is 10.2 Å². The Morgan fingerprint density at radius 3 is 2.20 bits per heavy atom. The van der Waals surface area contributed by atoms with E-state index >= 15 is 0 Å². The van der Waals surface area contributed by atoms with E-state index in [0.717, 1.165) is 37.4 Å². The van der Waals surface area contributed by atoms with Crippen molar-refractivity contribution in [2.24, 2.45) is 29.6 Å². The Morgan fingerprint density at radius 1 is 1.05 bits per heavy atom. The fraction of sp³-hybridized carbons (Fsp3) is 0.938. The van der Waals surface area contributed by atoms with Crippen molar-refractivity contribution in [2.45, 2.75) is 45.1 Å². The average molecular weight is 299 g/mol. The number of hydrogen-bond donors (Lipinski definition) is 1. The topological polar surface area (TPSA) is 32.3 Å². The second-order valence-corrected chi connectivity index (χ2v) is 7.63. The zero-order valence-electron chi connectivity index (χ0n) is 12.4. The largest absolute Gasteiger partial charge is 0.339 e. The van der Waals surface area contributed by atoms with Gasteiger partial charge in [-0.3, -0.25) is 4.79 Å². The van der Waals surface area contributed by atoms with Crippen LogP contribution in [0.1, 0.15) is 39.0 Å². The first-order chi connectivity index (χ1) is 9.20. The van der Waals surface area contributed by atoms with Crippen LogP contribution in [0, 0.1) is 29.6 Å². The molecule has 0 spiro atoms.